The minimum absolute atomic E-state index is 0.414. The summed E-state index contributed by atoms with van der Waals surface area (Å²) < 4.78 is 0. The third-order valence-electron chi connectivity index (χ3n) is 2.04. The maximum absolute atomic E-state index is 5.96. The molecule has 0 aliphatic heterocycles. The molecule has 0 bridgehead atoms. The molecule has 0 aliphatic carbocycles. The van der Waals surface area contributed by atoms with Gasteiger partial charge in [0.25, 0.3) is 0 Å². The minimum Gasteiger partial charge on any atom is -0.310 e. The number of halogens is 2. The van der Waals surface area contributed by atoms with Gasteiger partial charge < -0.3 is 5.32 Å². The normalized spacial score (nSPS) is 12.8. The topological polar surface area (TPSA) is 24.9 Å². The number of hydrogen-bond acceptors (Lipinski definition) is 2. The average molecular weight is 233 g/mol. The second-order valence-electron chi connectivity index (χ2n) is 3.23. The van der Waals surface area contributed by atoms with Gasteiger partial charge in [-0.25, -0.2) is 0 Å². The van der Waals surface area contributed by atoms with Gasteiger partial charge in [-0.15, -0.1) is 11.6 Å². The summed E-state index contributed by atoms with van der Waals surface area (Å²) in [5.74, 6) is 0.679. The number of nitrogens with zero attached hydrogens (tertiary/aromatic N) is 1. The zero-order chi connectivity index (χ0) is 10.4. The molecule has 0 saturated carbocycles. The molecule has 1 rings (SSSR count). The Hall–Kier alpha value is -0.310. The molecule has 14 heavy (non-hydrogen) atoms. The van der Waals surface area contributed by atoms with Crippen LogP contribution >= 0.6 is 23.2 Å². The summed E-state index contributed by atoms with van der Waals surface area (Å²) in [7, 11) is 0. The van der Waals surface area contributed by atoms with Crippen LogP contribution in [-0.2, 0) is 6.54 Å². The van der Waals surface area contributed by atoms with Crippen molar-refractivity contribution in [2.45, 2.75) is 25.9 Å². The Bertz CT molecular complexity index is 279. The molecule has 0 radical (unpaired) electrons. The summed E-state index contributed by atoms with van der Waals surface area (Å²) in [5.41, 5.74) is 1.07. The Morgan fingerprint density at radius 1 is 1.57 bits per heavy atom. The highest BCUT2D eigenvalue weighted by atomic mass is 35.5. The first-order valence-corrected chi connectivity index (χ1v) is 5.53. The molecular formula is C10H14Cl2N2. The highest BCUT2D eigenvalue weighted by Crippen LogP contribution is 2.13. The molecule has 0 amide bonds. The van der Waals surface area contributed by atoms with Crippen LogP contribution in [0.5, 0.6) is 0 Å². The van der Waals surface area contributed by atoms with Crippen LogP contribution in [0.2, 0.25) is 5.02 Å². The fourth-order valence-corrected chi connectivity index (χ4v) is 1.61. The molecule has 0 aromatic carbocycles. The van der Waals surface area contributed by atoms with Crippen LogP contribution in [0.15, 0.2) is 18.5 Å². The first kappa shape index (κ1) is 11.8. The smallest absolute Gasteiger partial charge is 0.0634 e. The van der Waals surface area contributed by atoms with Gasteiger partial charge in [-0.2, -0.15) is 0 Å². The van der Waals surface area contributed by atoms with Gasteiger partial charge in [0.05, 0.1) is 5.02 Å². The summed E-state index contributed by atoms with van der Waals surface area (Å²) in [6.07, 6.45) is 4.37. The van der Waals surface area contributed by atoms with E-state index in [2.05, 4.69) is 17.2 Å². The number of pyridine rings is 1. The SMILES string of the molecule is CC(CCCl)NCc1ccncc1Cl. The molecule has 4 heteroatoms. The Morgan fingerprint density at radius 3 is 3.00 bits per heavy atom. The molecule has 78 valence electrons. The van der Waals surface area contributed by atoms with E-state index in [1.54, 1.807) is 12.4 Å². The molecule has 1 aromatic heterocycles. The van der Waals surface area contributed by atoms with Crippen molar-refractivity contribution in [1.29, 1.82) is 0 Å². The van der Waals surface area contributed by atoms with Crippen molar-refractivity contribution < 1.29 is 0 Å². The predicted molar refractivity (Wildman–Crippen MR) is 60.9 cm³/mol. The Labute approximate surface area is 94.6 Å². The van der Waals surface area contributed by atoms with Gasteiger partial charge in [-0.05, 0) is 25.0 Å². The van der Waals surface area contributed by atoms with Gasteiger partial charge in [0.15, 0.2) is 0 Å². The van der Waals surface area contributed by atoms with Crippen LogP contribution in [0.3, 0.4) is 0 Å². The molecule has 1 aromatic rings. The lowest BCUT2D eigenvalue weighted by Gasteiger charge is -2.12. The molecule has 1 N–H and O–H groups in total. The Balaban J connectivity index is 2.41. The largest absolute Gasteiger partial charge is 0.310 e. The fourth-order valence-electron chi connectivity index (χ4n) is 1.10. The molecule has 0 fully saturated rings. The molecule has 1 unspecified atom stereocenters. The molecule has 0 aliphatic rings. The van der Waals surface area contributed by atoms with Crippen LogP contribution in [0, 0.1) is 0 Å². The van der Waals surface area contributed by atoms with Gasteiger partial charge in [0, 0.05) is 30.9 Å². The fraction of sp³-hybridized carbons (Fsp3) is 0.500. The Kier molecular flexibility index (Phi) is 5.23. The summed E-state index contributed by atoms with van der Waals surface area (Å²) in [6, 6.07) is 2.33. The highest BCUT2D eigenvalue weighted by molar-refractivity contribution is 6.31. The van der Waals surface area contributed by atoms with E-state index in [-0.39, 0.29) is 0 Å². The van der Waals surface area contributed by atoms with Crippen molar-refractivity contribution in [1.82, 2.24) is 10.3 Å². The van der Waals surface area contributed by atoms with Crippen molar-refractivity contribution in [3.63, 3.8) is 0 Å². The maximum atomic E-state index is 5.96. The van der Waals surface area contributed by atoms with Gasteiger partial charge in [-0.1, -0.05) is 11.6 Å². The number of nitrogens with one attached hydrogen (secondary N) is 1. The number of alkyl halides is 1. The van der Waals surface area contributed by atoms with Crippen LogP contribution in [0.4, 0.5) is 0 Å². The first-order chi connectivity index (χ1) is 6.74. The number of rotatable bonds is 5. The van der Waals surface area contributed by atoms with Crippen molar-refractivity contribution in [2.24, 2.45) is 0 Å². The van der Waals surface area contributed by atoms with E-state index in [9.17, 15) is 0 Å². The average Bonchev–Trinajstić information content (AvgIpc) is 2.17. The monoisotopic (exact) mass is 232 g/mol. The van der Waals surface area contributed by atoms with Gasteiger partial charge in [0.2, 0.25) is 0 Å². The lowest BCUT2D eigenvalue weighted by atomic mass is 10.2. The predicted octanol–water partition coefficient (Wildman–Crippen LogP) is 2.84. The number of hydrogen-bond donors (Lipinski definition) is 1. The summed E-state index contributed by atoms with van der Waals surface area (Å²) in [4.78, 5) is 3.93. The van der Waals surface area contributed by atoms with E-state index in [0.717, 1.165) is 18.5 Å². The van der Waals surface area contributed by atoms with Crippen LogP contribution in [0.25, 0.3) is 0 Å². The summed E-state index contributed by atoms with van der Waals surface area (Å²) >= 11 is 11.6. The summed E-state index contributed by atoms with van der Waals surface area (Å²) in [5, 5.41) is 4.05. The van der Waals surface area contributed by atoms with Crippen LogP contribution in [-0.4, -0.2) is 16.9 Å². The first-order valence-electron chi connectivity index (χ1n) is 4.61. The maximum Gasteiger partial charge on any atom is 0.0634 e. The van der Waals surface area contributed by atoms with Gasteiger partial charge in [-0.3, -0.25) is 4.98 Å². The number of aromatic nitrogens is 1. The zero-order valence-corrected chi connectivity index (χ0v) is 9.65. The second kappa shape index (κ2) is 6.23. The van der Waals surface area contributed by atoms with E-state index in [0.29, 0.717) is 16.9 Å². The van der Waals surface area contributed by atoms with Crippen LogP contribution in [0.1, 0.15) is 18.9 Å². The second-order valence-corrected chi connectivity index (χ2v) is 4.01. The van der Waals surface area contributed by atoms with E-state index >= 15 is 0 Å². The van der Waals surface area contributed by atoms with Crippen molar-refractivity contribution in [2.75, 3.05) is 5.88 Å². The van der Waals surface area contributed by atoms with E-state index in [1.807, 2.05) is 6.07 Å². The molecule has 0 spiro atoms. The lowest BCUT2D eigenvalue weighted by molar-refractivity contribution is 0.536. The third-order valence-corrected chi connectivity index (χ3v) is 2.60. The van der Waals surface area contributed by atoms with E-state index in [1.165, 1.54) is 0 Å². The highest BCUT2D eigenvalue weighted by Gasteiger charge is 2.02. The van der Waals surface area contributed by atoms with Gasteiger partial charge in [0.1, 0.15) is 0 Å². The molecule has 1 atom stereocenters. The lowest BCUT2D eigenvalue weighted by Crippen LogP contribution is -2.25. The standard InChI is InChI=1S/C10H14Cl2N2/c1-8(2-4-11)14-6-9-3-5-13-7-10(9)12/h3,5,7-8,14H,2,4,6H2,1H3. The summed E-state index contributed by atoms with van der Waals surface area (Å²) in [6.45, 7) is 2.87. The quantitative estimate of drug-likeness (QED) is 0.791. The Morgan fingerprint density at radius 2 is 2.36 bits per heavy atom. The molecule has 2 nitrogen and oxygen atoms in total. The van der Waals surface area contributed by atoms with Crippen molar-refractivity contribution >= 4 is 23.2 Å². The minimum atomic E-state index is 0.414. The van der Waals surface area contributed by atoms with Crippen LogP contribution < -0.4 is 5.32 Å². The molecule has 0 saturated heterocycles. The van der Waals surface area contributed by atoms with Gasteiger partial charge >= 0.3 is 0 Å². The van der Waals surface area contributed by atoms with Crippen molar-refractivity contribution in [3.8, 4) is 0 Å². The molecular weight excluding hydrogens is 219 g/mol. The molecule has 1 heterocycles. The zero-order valence-electron chi connectivity index (χ0n) is 8.13. The third kappa shape index (κ3) is 3.82. The van der Waals surface area contributed by atoms with E-state index < -0.39 is 0 Å². The van der Waals surface area contributed by atoms with E-state index in [4.69, 9.17) is 23.2 Å². The van der Waals surface area contributed by atoms with Crippen molar-refractivity contribution in [3.05, 3.63) is 29.0 Å².